The minimum absolute atomic E-state index is 0.154. The number of hydrogen-bond donors (Lipinski definition) is 2. The number of thiocarbonyl (C=S) groups is 1. The zero-order valence-electron chi connectivity index (χ0n) is 11.5. The van der Waals surface area contributed by atoms with Gasteiger partial charge in [0.25, 0.3) is 0 Å². The molecule has 0 saturated heterocycles. The molecule has 0 atom stereocenters. The van der Waals surface area contributed by atoms with Gasteiger partial charge >= 0.3 is 0 Å². The van der Waals surface area contributed by atoms with Gasteiger partial charge in [-0.1, -0.05) is 35.9 Å². The SMILES string of the molecule is N#Cc1ccccc1NC(=S)NC(=O)Cc1ccc(Cl)cc1. The summed E-state index contributed by atoms with van der Waals surface area (Å²) in [5.74, 6) is -0.241. The summed E-state index contributed by atoms with van der Waals surface area (Å²) in [5.41, 5.74) is 1.85. The van der Waals surface area contributed by atoms with Crippen LogP contribution in [-0.2, 0) is 11.2 Å². The van der Waals surface area contributed by atoms with E-state index in [4.69, 9.17) is 29.1 Å². The number of nitriles is 1. The summed E-state index contributed by atoms with van der Waals surface area (Å²) in [6.07, 6.45) is 0.193. The number of halogens is 1. The zero-order valence-corrected chi connectivity index (χ0v) is 13.0. The molecule has 0 aliphatic heterocycles. The van der Waals surface area contributed by atoms with Crippen molar-refractivity contribution < 1.29 is 4.79 Å². The lowest BCUT2D eigenvalue weighted by atomic mass is 10.1. The molecule has 0 aliphatic rings. The van der Waals surface area contributed by atoms with Crippen LogP contribution in [-0.4, -0.2) is 11.0 Å². The number of hydrogen-bond acceptors (Lipinski definition) is 3. The highest BCUT2D eigenvalue weighted by Crippen LogP contribution is 2.13. The van der Waals surface area contributed by atoms with E-state index in [0.717, 1.165) is 5.56 Å². The van der Waals surface area contributed by atoms with Crippen molar-refractivity contribution in [1.82, 2.24) is 5.32 Å². The second kappa shape index (κ2) is 7.55. The number of benzene rings is 2. The molecule has 2 aromatic rings. The van der Waals surface area contributed by atoms with Crippen LogP contribution in [0.2, 0.25) is 5.02 Å². The first-order valence-corrected chi connectivity index (χ1v) is 7.21. The number of nitrogens with one attached hydrogen (secondary N) is 2. The molecule has 0 aromatic heterocycles. The van der Waals surface area contributed by atoms with E-state index in [2.05, 4.69) is 16.7 Å². The Kier molecular flexibility index (Phi) is 5.48. The van der Waals surface area contributed by atoms with Crippen molar-refractivity contribution in [2.75, 3.05) is 5.32 Å². The molecule has 1 amide bonds. The fourth-order valence-electron chi connectivity index (χ4n) is 1.80. The van der Waals surface area contributed by atoms with Crippen molar-refractivity contribution in [3.63, 3.8) is 0 Å². The van der Waals surface area contributed by atoms with Crippen molar-refractivity contribution in [2.45, 2.75) is 6.42 Å². The molecule has 0 radical (unpaired) electrons. The van der Waals surface area contributed by atoms with Crippen LogP contribution in [0, 0.1) is 11.3 Å². The molecule has 4 nitrogen and oxygen atoms in total. The Bertz CT molecular complexity index is 738. The lowest BCUT2D eigenvalue weighted by molar-refractivity contribution is -0.119. The number of nitrogens with zero attached hydrogens (tertiary/aromatic N) is 1. The van der Waals surface area contributed by atoms with Gasteiger partial charge in [-0.15, -0.1) is 0 Å². The molecule has 0 bridgehead atoms. The Morgan fingerprint density at radius 1 is 1.18 bits per heavy atom. The summed E-state index contributed by atoms with van der Waals surface area (Å²) >= 11 is 10.9. The van der Waals surface area contributed by atoms with E-state index in [-0.39, 0.29) is 17.4 Å². The van der Waals surface area contributed by atoms with E-state index < -0.39 is 0 Å². The molecule has 0 unspecified atom stereocenters. The van der Waals surface area contributed by atoms with Crippen LogP contribution in [0.1, 0.15) is 11.1 Å². The molecule has 0 spiro atoms. The molecule has 2 N–H and O–H groups in total. The minimum Gasteiger partial charge on any atom is -0.331 e. The summed E-state index contributed by atoms with van der Waals surface area (Å²) in [7, 11) is 0. The Morgan fingerprint density at radius 2 is 1.86 bits per heavy atom. The van der Waals surface area contributed by atoms with E-state index in [1.165, 1.54) is 0 Å². The van der Waals surface area contributed by atoms with Gasteiger partial charge in [-0.05, 0) is 42.0 Å². The fourth-order valence-corrected chi connectivity index (χ4v) is 2.15. The van der Waals surface area contributed by atoms with Crippen LogP contribution >= 0.6 is 23.8 Å². The fraction of sp³-hybridized carbons (Fsp3) is 0.0625. The average Bonchev–Trinajstić information content (AvgIpc) is 2.50. The third kappa shape index (κ3) is 4.55. The molecule has 2 aromatic carbocycles. The monoisotopic (exact) mass is 329 g/mol. The largest absolute Gasteiger partial charge is 0.331 e. The van der Waals surface area contributed by atoms with E-state index in [1.54, 1.807) is 48.5 Å². The van der Waals surface area contributed by atoms with Crippen molar-refractivity contribution in [3.05, 3.63) is 64.7 Å². The van der Waals surface area contributed by atoms with Gasteiger partial charge in [0.05, 0.1) is 17.7 Å². The van der Waals surface area contributed by atoms with Gasteiger partial charge in [0.2, 0.25) is 5.91 Å². The summed E-state index contributed by atoms with van der Waals surface area (Å²) in [4.78, 5) is 11.9. The molecular formula is C16H12ClN3OS. The third-order valence-electron chi connectivity index (χ3n) is 2.83. The van der Waals surface area contributed by atoms with Gasteiger partial charge in [-0.3, -0.25) is 4.79 Å². The molecule has 110 valence electrons. The van der Waals surface area contributed by atoms with Gasteiger partial charge in [-0.25, -0.2) is 0 Å². The van der Waals surface area contributed by atoms with Gasteiger partial charge in [0.15, 0.2) is 5.11 Å². The van der Waals surface area contributed by atoms with Crippen molar-refractivity contribution >= 4 is 40.5 Å². The first-order chi connectivity index (χ1) is 10.6. The summed E-state index contributed by atoms with van der Waals surface area (Å²) in [6, 6.07) is 16.0. The first kappa shape index (κ1) is 16.0. The lowest BCUT2D eigenvalue weighted by Gasteiger charge is -2.10. The predicted octanol–water partition coefficient (Wildman–Crippen LogP) is 3.27. The third-order valence-corrected chi connectivity index (χ3v) is 3.28. The van der Waals surface area contributed by atoms with Crippen LogP contribution in [0.25, 0.3) is 0 Å². The standard InChI is InChI=1S/C16H12ClN3OS/c17-13-7-5-11(6-8-13)9-15(21)20-16(22)19-14-4-2-1-3-12(14)10-18/h1-8H,9H2,(H2,19,20,21,22). The number of rotatable bonds is 3. The van der Waals surface area contributed by atoms with Gasteiger partial charge in [0, 0.05) is 5.02 Å². The molecule has 0 aliphatic carbocycles. The van der Waals surface area contributed by atoms with Crippen molar-refractivity contribution in [3.8, 4) is 6.07 Å². The van der Waals surface area contributed by atoms with E-state index in [9.17, 15) is 4.79 Å². The van der Waals surface area contributed by atoms with Crippen LogP contribution in [0.4, 0.5) is 5.69 Å². The number of carbonyl (C=O) groups excluding carboxylic acids is 1. The smallest absolute Gasteiger partial charge is 0.230 e. The Balaban J connectivity index is 1.93. The molecule has 0 saturated carbocycles. The second-order valence-electron chi connectivity index (χ2n) is 4.46. The number of anilines is 1. The minimum atomic E-state index is -0.241. The molecule has 0 heterocycles. The Hall–Kier alpha value is -2.42. The van der Waals surface area contributed by atoms with E-state index in [0.29, 0.717) is 16.3 Å². The van der Waals surface area contributed by atoms with Crippen molar-refractivity contribution in [2.24, 2.45) is 0 Å². The lowest BCUT2D eigenvalue weighted by Crippen LogP contribution is -2.35. The number of carbonyl (C=O) groups is 1. The predicted molar refractivity (Wildman–Crippen MR) is 90.7 cm³/mol. The molecule has 6 heteroatoms. The summed E-state index contributed by atoms with van der Waals surface area (Å²) in [6.45, 7) is 0. The van der Waals surface area contributed by atoms with E-state index in [1.807, 2.05) is 0 Å². The first-order valence-electron chi connectivity index (χ1n) is 6.43. The Morgan fingerprint density at radius 3 is 2.55 bits per heavy atom. The molecule has 0 fully saturated rings. The highest BCUT2D eigenvalue weighted by atomic mass is 35.5. The van der Waals surface area contributed by atoms with Gasteiger partial charge in [-0.2, -0.15) is 5.26 Å². The molecule has 22 heavy (non-hydrogen) atoms. The van der Waals surface area contributed by atoms with Crippen LogP contribution < -0.4 is 10.6 Å². The maximum absolute atomic E-state index is 11.9. The molecular weight excluding hydrogens is 318 g/mol. The summed E-state index contributed by atoms with van der Waals surface area (Å²) in [5, 5.41) is 15.2. The van der Waals surface area contributed by atoms with Crippen molar-refractivity contribution in [1.29, 1.82) is 5.26 Å². The van der Waals surface area contributed by atoms with Crippen LogP contribution in [0.5, 0.6) is 0 Å². The molecule has 2 rings (SSSR count). The quantitative estimate of drug-likeness (QED) is 0.848. The van der Waals surface area contributed by atoms with Gasteiger partial charge in [0.1, 0.15) is 6.07 Å². The Labute approximate surface area is 138 Å². The van der Waals surface area contributed by atoms with Gasteiger partial charge < -0.3 is 10.6 Å². The number of amides is 1. The second-order valence-corrected chi connectivity index (χ2v) is 5.31. The maximum atomic E-state index is 11.9. The summed E-state index contributed by atoms with van der Waals surface area (Å²) < 4.78 is 0. The topological polar surface area (TPSA) is 64.9 Å². The van der Waals surface area contributed by atoms with Crippen LogP contribution in [0.15, 0.2) is 48.5 Å². The van der Waals surface area contributed by atoms with E-state index >= 15 is 0 Å². The highest BCUT2D eigenvalue weighted by molar-refractivity contribution is 7.80. The van der Waals surface area contributed by atoms with Crippen LogP contribution in [0.3, 0.4) is 0 Å². The highest BCUT2D eigenvalue weighted by Gasteiger charge is 2.08. The average molecular weight is 330 g/mol. The normalized spacial score (nSPS) is 9.64. The maximum Gasteiger partial charge on any atom is 0.230 e. The number of para-hydroxylation sites is 1. The zero-order chi connectivity index (χ0) is 15.9.